The molecule has 1 aromatic heterocycles. The number of nitrogens with one attached hydrogen (secondary N) is 1. The standard InChI is InChI=1S/C12H22N4O/c1-10(2)9-11(13)12(17)14-5-3-7-16-8-4-6-15-16/h4,6,8,10-11H,3,5,7,9,13H2,1-2H3,(H,14,17)/t11-/m0/s1. The van der Waals surface area contributed by atoms with Gasteiger partial charge in [-0.25, -0.2) is 0 Å². The molecule has 96 valence electrons. The molecule has 1 aromatic rings. The van der Waals surface area contributed by atoms with Gasteiger partial charge in [0.15, 0.2) is 0 Å². The topological polar surface area (TPSA) is 72.9 Å². The van der Waals surface area contributed by atoms with Gasteiger partial charge >= 0.3 is 0 Å². The first-order valence-electron chi connectivity index (χ1n) is 6.10. The lowest BCUT2D eigenvalue weighted by atomic mass is 10.0. The summed E-state index contributed by atoms with van der Waals surface area (Å²) < 4.78 is 1.85. The summed E-state index contributed by atoms with van der Waals surface area (Å²) in [5.74, 6) is 0.388. The van der Waals surface area contributed by atoms with Crippen LogP contribution in [0.1, 0.15) is 26.7 Å². The van der Waals surface area contributed by atoms with Gasteiger partial charge in [-0.05, 0) is 24.8 Å². The van der Waals surface area contributed by atoms with Gasteiger partial charge < -0.3 is 11.1 Å². The molecule has 0 bridgehead atoms. The van der Waals surface area contributed by atoms with Gasteiger partial charge in [0.25, 0.3) is 0 Å². The number of nitrogens with two attached hydrogens (primary N) is 1. The van der Waals surface area contributed by atoms with Gasteiger partial charge in [-0.15, -0.1) is 0 Å². The maximum Gasteiger partial charge on any atom is 0.236 e. The summed E-state index contributed by atoms with van der Waals surface area (Å²) in [5, 5.41) is 6.93. The quantitative estimate of drug-likeness (QED) is 0.689. The van der Waals surface area contributed by atoms with Crippen molar-refractivity contribution in [2.45, 2.75) is 39.3 Å². The Hall–Kier alpha value is -1.36. The number of nitrogens with zero attached hydrogens (tertiary/aromatic N) is 2. The van der Waals surface area contributed by atoms with Crippen molar-refractivity contribution >= 4 is 5.91 Å². The van der Waals surface area contributed by atoms with Crippen molar-refractivity contribution in [3.63, 3.8) is 0 Å². The largest absolute Gasteiger partial charge is 0.355 e. The molecule has 0 unspecified atom stereocenters. The van der Waals surface area contributed by atoms with E-state index in [2.05, 4.69) is 24.3 Å². The molecule has 0 fully saturated rings. The Morgan fingerprint density at radius 1 is 1.53 bits per heavy atom. The van der Waals surface area contributed by atoms with E-state index in [1.165, 1.54) is 0 Å². The van der Waals surface area contributed by atoms with Crippen molar-refractivity contribution in [3.05, 3.63) is 18.5 Å². The van der Waals surface area contributed by atoms with Crippen molar-refractivity contribution in [1.82, 2.24) is 15.1 Å². The summed E-state index contributed by atoms with van der Waals surface area (Å²) in [6, 6.07) is 1.50. The second-order valence-corrected chi connectivity index (χ2v) is 4.65. The number of hydrogen-bond donors (Lipinski definition) is 2. The van der Waals surface area contributed by atoms with Crippen molar-refractivity contribution in [1.29, 1.82) is 0 Å². The number of amides is 1. The molecule has 1 rings (SSSR count). The van der Waals surface area contributed by atoms with Gasteiger partial charge in [0.1, 0.15) is 0 Å². The van der Waals surface area contributed by atoms with E-state index in [9.17, 15) is 4.79 Å². The van der Waals surface area contributed by atoms with Crippen LogP contribution >= 0.6 is 0 Å². The van der Waals surface area contributed by atoms with E-state index in [-0.39, 0.29) is 11.9 Å². The predicted octanol–water partition coefficient (Wildman–Crippen LogP) is 0.763. The Kier molecular flexibility index (Phi) is 5.69. The van der Waals surface area contributed by atoms with Gasteiger partial charge in [0.05, 0.1) is 6.04 Å². The second-order valence-electron chi connectivity index (χ2n) is 4.65. The number of carbonyl (C=O) groups excluding carboxylic acids is 1. The fraction of sp³-hybridized carbons (Fsp3) is 0.667. The fourth-order valence-electron chi connectivity index (χ4n) is 1.63. The Bertz CT molecular complexity index is 321. The zero-order valence-corrected chi connectivity index (χ0v) is 10.6. The highest BCUT2D eigenvalue weighted by atomic mass is 16.2. The van der Waals surface area contributed by atoms with E-state index in [0.29, 0.717) is 12.5 Å². The lowest BCUT2D eigenvalue weighted by Crippen LogP contribution is -2.41. The monoisotopic (exact) mass is 238 g/mol. The third-order valence-corrected chi connectivity index (χ3v) is 2.48. The van der Waals surface area contributed by atoms with Gasteiger partial charge in [-0.1, -0.05) is 13.8 Å². The Labute approximate surface area is 102 Å². The summed E-state index contributed by atoms with van der Waals surface area (Å²) in [6.45, 7) is 5.58. The van der Waals surface area contributed by atoms with E-state index < -0.39 is 0 Å². The molecule has 0 aliphatic rings. The number of aromatic nitrogens is 2. The van der Waals surface area contributed by atoms with Crippen molar-refractivity contribution < 1.29 is 4.79 Å². The first-order valence-corrected chi connectivity index (χ1v) is 6.10. The zero-order valence-electron chi connectivity index (χ0n) is 10.6. The minimum absolute atomic E-state index is 0.0563. The molecular formula is C12H22N4O. The molecule has 5 nitrogen and oxygen atoms in total. The molecule has 0 radical (unpaired) electrons. The van der Waals surface area contributed by atoms with E-state index in [1.807, 2.05) is 16.9 Å². The Morgan fingerprint density at radius 2 is 2.29 bits per heavy atom. The van der Waals surface area contributed by atoms with Crippen LogP contribution in [0.3, 0.4) is 0 Å². The maximum absolute atomic E-state index is 11.6. The second kappa shape index (κ2) is 7.06. The molecule has 0 saturated heterocycles. The van der Waals surface area contributed by atoms with Gasteiger partial charge in [-0.2, -0.15) is 5.10 Å². The molecule has 5 heteroatoms. The average Bonchev–Trinajstić information content (AvgIpc) is 2.75. The molecule has 1 amide bonds. The predicted molar refractivity (Wildman–Crippen MR) is 67.3 cm³/mol. The highest BCUT2D eigenvalue weighted by molar-refractivity contribution is 5.81. The third-order valence-electron chi connectivity index (χ3n) is 2.48. The minimum Gasteiger partial charge on any atom is -0.355 e. The molecular weight excluding hydrogens is 216 g/mol. The van der Waals surface area contributed by atoms with E-state index >= 15 is 0 Å². The summed E-state index contributed by atoms with van der Waals surface area (Å²) in [6.07, 6.45) is 5.25. The van der Waals surface area contributed by atoms with Crippen LogP contribution in [0.2, 0.25) is 0 Å². The first kappa shape index (κ1) is 13.7. The fourth-order valence-corrected chi connectivity index (χ4v) is 1.63. The van der Waals surface area contributed by atoms with Crippen molar-refractivity contribution in [2.75, 3.05) is 6.54 Å². The molecule has 0 spiro atoms. The molecule has 1 heterocycles. The van der Waals surface area contributed by atoms with Crippen LogP contribution in [-0.2, 0) is 11.3 Å². The highest BCUT2D eigenvalue weighted by Crippen LogP contribution is 2.02. The summed E-state index contributed by atoms with van der Waals surface area (Å²) in [7, 11) is 0. The van der Waals surface area contributed by atoms with E-state index in [0.717, 1.165) is 19.4 Å². The van der Waals surface area contributed by atoms with Gasteiger partial charge in [0, 0.05) is 25.5 Å². The van der Waals surface area contributed by atoms with Gasteiger partial charge in [-0.3, -0.25) is 9.48 Å². The molecule has 3 N–H and O–H groups in total. The van der Waals surface area contributed by atoms with Crippen LogP contribution in [0.15, 0.2) is 18.5 Å². The van der Waals surface area contributed by atoms with Crippen LogP contribution < -0.4 is 11.1 Å². The van der Waals surface area contributed by atoms with Crippen LogP contribution in [0.5, 0.6) is 0 Å². The summed E-state index contributed by atoms with van der Waals surface area (Å²) in [4.78, 5) is 11.6. The highest BCUT2D eigenvalue weighted by Gasteiger charge is 2.13. The molecule has 1 atom stereocenters. The number of rotatable bonds is 7. The normalized spacial score (nSPS) is 12.7. The lowest BCUT2D eigenvalue weighted by molar-refractivity contribution is -0.122. The Balaban J connectivity index is 2.11. The van der Waals surface area contributed by atoms with E-state index in [1.54, 1.807) is 6.20 Å². The number of carbonyl (C=O) groups is 1. The van der Waals surface area contributed by atoms with Gasteiger partial charge in [0.2, 0.25) is 5.91 Å². The SMILES string of the molecule is CC(C)C[C@H](N)C(=O)NCCCn1cccn1. The zero-order chi connectivity index (χ0) is 12.7. The van der Waals surface area contributed by atoms with Crippen LogP contribution in [0.25, 0.3) is 0 Å². The number of aryl methyl sites for hydroxylation is 1. The first-order chi connectivity index (χ1) is 8.09. The molecule has 17 heavy (non-hydrogen) atoms. The molecule has 0 aromatic carbocycles. The summed E-state index contributed by atoms with van der Waals surface area (Å²) in [5.41, 5.74) is 5.77. The summed E-state index contributed by atoms with van der Waals surface area (Å²) >= 11 is 0. The maximum atomic E-state index is 11.6. The Morgan fingerprint density at radius 3 is 2.88 bits per heavy atom. The lowest BCUT2D eigenvalue weighted by Gasteiger charge is -2.14. The van der Waals surface area contributed by atoms with Crippen LogP contribution in [0, 0.1) is 5.92 Å². The molecule has 0 aliphatic heterocycles. The smallest absolute Gasteiger partial charge is 0.236 e. The van der Waals surface area contributed by atoms with E-state index in [4.69, 9.17) is 5.73 Å². The number of hydrogen-bond acceptors (Lipinski definition) is 3. The average molecular weight is 238 g/mol. The molecule has 0 aliphatic carbocycles. The van der Waals surface area contributed by atoms with Crippen molar-refractivity contribution in [2.24, 2.45) is 11.7 Å². The van der Waals surface area contributed by atoms with Crippen molar-refractivity contribution in [3.8, 4) is 0 Å². The molecule has 0 saturated carbocycles. The van der Waals surface area contributed by atoms with Crippen LogP contribution in [-0.4, -0.2) is 28.3 Å². The minimum atomic E-state index is -0.389. The van der Waals surface area contributed by atoms with Crippen LogP contribution in [0.4, 0.5) is 0 Å². The third kappa shape index (κ3) is 5.49.